The average molecular weight is 236 g/mol. The van der Waals surface area contributed by atoms with Crippen molar-refractivity contribution in [1.82, 2.24) is 5.32 Å². The van der Waals surface area contributed by atoms with Crippen molar-refractivity contribution in [3.63, 3.8) is 0 Å². The van der Waals surface area contributed by atoms with Crippen LogP contribution >= 0.6 is 0 Å². The van der Waals surface area contributed by atoms with E-state index >= 15 is 0 Å². The van der Waals surface area contributed by atoms with Crippen LogP contribution in [-0.2, 0) is 0 Å². The van der Waals surface area contributed by atoms with E-state index in [0.29, 0.717) is 0 Å². The molecule has 1 fully saturated rings. The number of methoxy groups -OCH3 is 2. The first-order valence-electron chi connectivity index (χ1n) is 5.88. The molecule has 94 valence electrons. The SMILES string of the molecule is COc1ccc(OC)c(N(C)CC2CNC2)c1. The van der Waals surface area contributed by atoms with Crippen LogP contribution in [0, 0.1) is 5.92 Å². The van der Waals surface area contributed by atoms with Crippen molar-refractivity contribution in [2.45, 2.75) is 0 Å². The molecule has 0 saturated carbocycles. The Hall–Kier alpha value is -1.42. The van der Waals surface area contributed by atoms with E-state index in [4.69, 9.17) is 9.47 Å². The normalized spacial score (nSPS) is 15.2. The van der Waals surface area contributed by atoms with Gasteiger partial charge in [-0.15, -0.1) is 0 Å². The second-order valence-corrected chi connectivity index (χ2v) is 4.44. The monoisotopic (exact) mass is 236 g/mol. The Balaban J connectivity index is 2.15. The minimum atomic E-state index is 0.732. The summed E-state index contributed by atoms with van der Waals surface area (Å²) in [7, 11) is 5.47. The number of benzene rings is 1. The molecule has 0 radical (unpaired) electrons. The van der Waals surface area contributed by atoms with E-state index in [1.54, 1.807) is 14.2 Å². The van der Waals surface area contributed by atoms with Crippen LogP contribution in [0.4, 0.5) is 5.69 Å². The molecule has 0 unspecified atom stereocenters. The predicted octanol–water partition coefficient (Wildman–Crippen LogP) is 1.36. The molecular weight excluding hydrogens is 216 g/mol. The molecule has 0 aromatic heterocycles. The van der Waals surface area contributed by atoms with Crippen LogP contribution in [0.3, 0.4) is 0 Å². The first-order chi connectivity index (χ1) is 8.24. The summed E-state index contributed by atoms with van der Waals surface area (Å²) in [5.41, 5.74) is 1.08. The zero-order valence-electron chi connectivity index (χ0n) is 10.7. The third-order valence-corrected chi connectivity index (χ3v) is 3.20. The fraction of sp³-hybridized carbons (Fsp3) is 0.538. The molecule has 0 bridgehead atoms. The minimum Gasteiger partial charge on any atom is -0.497 e. The van der Waals surface area contributed by atoms with Gasteiger partial charge >= 0.3 is 0 Å². The lowest BCUT2D eigenvalue weighted by molar-refractivity contribution is 0.350. The van der Waals surface area contributed by atoms with Gasteiger partial charge in [-0.3, -0.25) is 0 Å². The average Bonchev–Trinajstić information content (AvgIpc) is 2.32. The summed E-state index contributed by atoms with van der Waals surface area (Å²) in [5, 5.41) is 3.29. The Bertz CT molecular complexity index is 378. The molecule has 0 spiro atoms. The van der Waals surface area contributed by atoms with Gasteiger partial charge in [-0.05, 0) is 12.1 Å². The first kappa shape index (κ1) is 12.0. The van der Waals surface area contributed by atoms with E-state index < -0.39 is 0 Å². The molecule has 1 heterocycles. The fourth-order valence-electron chi connectivity index (χ4n) is 2.06. The molecule has 4 heteroatoms. The fourth-order valence-corrected chi connectivity index (χ4v) is 2.06. The molecule has 4 nitrogen and oxygen atoms in total. The number of anilines is 1. The maximum Gasteiger partial charge on any atom is 0.142 e. The van der Waals surface area contributed by atoms with Crippen LogP contribution in [0.15, 0.2) is 18.2 Å². The minimum absolute atomic E-state index is 0.732. The van der Waals surface area contributed by atoms with Crippen LogP contribution in [0.25, 0.3) is 0 Å². The standard InChI is InChI=1S/C13H20N2O2/c1-15(9-10-7-14-8-10)12-6-11(16-2)4-5-13(12)17-3/h4-6,10,14H,7-9H2,1-3H3. The Morgan fingerprint density at radius 3 is 2.59 bits per heavy atom. The Morgan fingerprint density at radius 1 is 1.29 bits per heavy atom. The van der Waals surface area contributed by atoms with Gasteiger partial charge in [0.2, 0.25) is 0 Å². The van der Waals surface area contributed by atoms with Crippen molar-refractivity contribution < 1.29 is 9.47 Å². The van der Waals surface area contributed by atoms with Crippen molar-refractivity contribution in [2.24, 2.45) is 5.92 Å². The van der Waals surface area contributed by atoms with E-state index in [-0.39, 0.29) is 0 Å². The van der Waals surface area contributed by atoms with E-state index in [1.165, 1.54) is 0 Å². The molecule has 0 amide bonds. The first-order valence-corrected chi connectivity index (χ1v) is 5.88. The largest absolute Gasteiger partial charge is 0.497 e. The maximum atomic E-state index is 5.39. The quantitative estimate of drug-likeness (QED) is 0.837. The Labute approximate surface area is 103 Å². The van der Waals surface area contributed by atoms with E-state index in [1.807, 2.05) is 18.2 Å². The van der Waals surface area contributed by atoms with Gasteiger partial charge in [0.1, 0.15) is 11.5 Å². The maximum absolute atomic E-state index is 5.39. The van der Waals surface area contributed by atoms with Gasteiger partial charge in [-0.25, -0.2) is 0 Å². The van der Waals surface area contributed by atoms with Gasteiger partial charge in [0.05, 0.1) is 19.9 Å². The van der Waals surface area contributed by atoms with Gasteiger partial charge in [-0.2, -0.15) is 0 Å². The number of rotatable bonds is 5. The highest BCUT2D eigenvalue weighted by Crippen LogP contribution is 2.32. The summed E-state index contributed by atoms with van der Waals surface area (Å²) in [6.45, 7) is 3.25. The summed E-state index contributed by atoms with van der Waals surface area (Å²) >= 11 is 0. The molecule has 1 aliphatic heterocycles. The summed E-state index contributed by atoms with van der Waals surface area (Å²) < 4.78 is 10.6. The van der Waals surface area contributed by atoms with Crippen molar-refractivity contribution in [3.8, 4) is 11.5 Å². The van der Waals surface area contributed by atoms with Gasteiger partial charge in [-0.1, -0.05) is 0 Å². The number of nitrogens with zero attached hydrogens (tertiary/aromatic N) is 1. The molecule has 17 heavy (non-hydrogen) atoms. The summed E-state index contributed by atoms with van der Waals surface area (Å²) in [5.74, 6) is 2.48. The van der Waals surface area contributed by atoms with Crippen molar-refractivity contribution >= 4 is 5.69 Å². The van der Waals surface area contributed by atoms with Crippen molar-refractivity contribution in [2.75, 3.05) is 45.8 Å². The van der Waals surface area contributed by atoms with Crippen LogP contribution in [0.5, 0.6) is 11.5 Å². The number of ether oxygens (including phenoxy) is 2. The van der Waals surface area contributed by atoms with Crippen molar-refractivity contribution in [3.05, 3.63) is 18.2 Å². The molecule has 1 N–H and O–H groups in total. The van der Waals surface area contributed by atoms with Crippen molar-refractivity contribution in [1.29, 1.82) is 0 Å². The molecule has 1 aromatic carbocycles. The number of hydrogen-bond acceptors (Lipinski definition) is 4. The van der Waals surface area contributed by atoms with Gasteiger partial charge in [0, 0.05) is 38.7 Å². The lowest BCUT2D eigenvalue weighted by Crippen LogP contribution is -2.47. The Morgan fingerprint density at radius 2 is 2.06 bits per heavy atom. The molecule has 1 aromatic rings. The second kappa shape index (κ2) is 5.27. The smallest absolute Gasteiger partial charge is 0.142 e. The highest BCUT2D eigenvalue weighted by molar-refractivity contribution is 5.61. The van der Waals surface area contributed by atoms with Crippen LogP contribution in [0.1, 0.15) is 0 Å². The third kappa shape index (κ3) is 2.64. The van der Waals surface area contributed by atoms with E-state index in [2.05, 4.69) is 17.3 Å². The Kier molecular flexibility index (Phi) is 3.74. The zero-order valence-corrected chi connectivity index (χ0v) is 10.7. The van der Waals surface area contributed by atoms with Crippen LogP contribution in [0.2, 0.25) is 0 Å². The van der Waals surface area contributed by atoms with Crippen LogP contribution < -0.4 is 19.7 Å². The third-order valence-electron chi connectivity index (χ3n) is 3.20. The second-order valence-electron chi connectivity index (χ2n) is 4.44. The summed E-state index contributed by atoms with van der Waals surface area (Å²) in [6, 6.07) is 5.88. The molecule has 0 atom stereocenters. The highest BCUT2D eigenvalue weighted by Gasteiger charge is 2.20. The lowest BCUT2D eigenvalue weighted by Gasteiger charge is -2.32. The van der Waals surface area contributed by atoms with E-state index in [0.717, 1.165) is 42.7 Å². The highest BCUT2D eigenvalue weighted by atomic mass is 16.5. The van der Waals surface area contributed by atoms with Gasteiger partial charge < -0.3 is 19.7 Å². The van der Waals surface area contributed by atoms with Crippen LogP contribution in [-0.4, -0.2) is 40.9 Å². The molecular formula is C13H20N2O2. The van der Waals surface area contributed by atoms with Gasteiger partial charge in [0.15, 0.2) is 0 Å². The zero-order chi connectivity index (χ0) is 12.3. The molecule has 0 aliphatic carbocycles. The number of nitrogens with one attached hydrogen (secondary N) is 1. The molecule has 1 aliphatic rings. The molecule has 1 saturated heterocycles. The lowest BCUT2D eigenvalue weighted by atomic mass is 10.0. The van der Waals surface area contributed by atoms with E-state index in [9.17, 15) is 0 Å². The summed E-state index contributed by atoms with van der Waals surface area (Å²) in [4.78, 5) is 2.23. The molecule has 2 rings (SSSR count). The topological polar surface area (TPSA) is 33.7 Å². The number of hydrogen-bond donors (Lipinski definition) is 1. The van der Waals surface area contributed by atoms with Gasteiger partial charge in [0.25, 0.3) is 0 Å². The summed E-state index contributed by atoms with van der Waals surface area (Å²) in [6.07, 6.45) is 0. The predicted molar refractivity (Wildman–Crippen MR) is 69.2 cm³/mol.